The second-order valence-electron chi connectivity index (χ2n) is 6.29. The highest BCUT2D eigenvalue weighted by atomic mass is 32.2. The summed E-state index contributed by atoms with van der Waals surface area (Å²) in [6.07, 6.45) is 1.89. The van der Waals surface area contributed by atoms with E-state index in [1.807, 2.05) is 27.0 Å². The van der Waals surface area contributed by atoms with Crippen LogP contribution in [0.25, 0.3) is 0 Å². The highest BCUT2D eigenvalue weighted by Crippen LogP contribution is 2.17. The highest BCUT2D eigenvalue weighted by molar-refractivity contribution is 7.98. The van der Waals surface area contributed by atoms with Crippen LogP contribution < -0.4 is 10.7 Å². The van der Waals surface area contributed by atoms with E-state index in [0.29, 0.717) is 10.9 Å². The standard InChI is InChI=1S/C11H22N4OSSi/c1-11(2,3)8-9(16)15(14-18(5,6)7)10(17-4)13-12-8/h14H,1-7H3. The fraction of sp³-hybridized carbons (Fsp3) is 0.727. The zero-order valence-electron chi connectivity index (χ0n) is 12.2. The summed E-state index contributed by atoms with van der Waals surface area (Å²) in [6.45, 7) is 12.3. The lowest BCUT2D eigenvalue weighted by Gasteiger charge is -2.24. The molecule has 7 heteroatoms. The van der Waals surface area contributed by atoms with Crippen molar-refractivity contribution in [1.82, 2.24) is 14.9 Å². The van der Waals surface area contributed by atoms with Crippen molar-refractivity contribution in [1.29, 1.82) is 0 Å². The van der Waals surface area contributed by atoms with Gasteiger partial charge in [-0.25, -0.2) is 4.68 Å². The first-order valence-electron chi connectivity index (χ1n) is 5.88. The maximum Gasteiger partial charge on any atom is 0.294 e. The first-order chi connectivity index (χ1) is 8.06. The molecular weight excluding hydrogens is 264 g/mol. The van der Waals surface area contributed by atoms with Crippen molar-refractivity contribution in [3.05, 3.63) is 16.0 Å². The highest BCUT2D eigenvalue weighted by Gasteiger charge is 2.25. The van der Waals surface area contributed by atoms with Crippen LogP contribution >= 0.6 is 11.8 Å². The van der Waals surface area contributed by atoms with Gasteiger partial charge in [0.15, 0.2) is 8.24 Å². The fourth-order valence-electron chi connectivity index (χ4n) is 1.41. The molecule has 0 aliphatic carbocycles. The van der Waals surface area contributed by atoms with Crippen LogP contribution in [0.3, 0.4) is 0 Å². The van der Waals surface area contributed by atoms with E-state index in [-0.39, 0.29) is 11.0 Å². The molecule has 0 unspecified atom stereocenters. The Morgan fingerprint density at radius 2 is 1.78 bits per heavy atom. The molecule has 1 N–H and O–H groups in total. The largest absolute Gasteiger partial charge is 0.347 e. The molecular formula is C11H22N4OSSi. The van der Waals surface area contributed by atoms with Gasteiger partial charge in [-0.05, 0) is 6.26 Å². The minimum atomic E-state index is -1.63. The molecule has 0 saturated heterocycles. The van der Waals surface area contributed by atoms with Crippen LogP contribution in [0, 0.1) is 0 Å². The molecule has 1 heterocycles. The van der Waals surface area contributed by atoms with E-state index >= 15 is 0 Å². The van der Waals surface area contributed by atoms with Crippen molar-refractivity contribution in [2.24, 2.45) is 0 Å². The van der Waals surface area contributed by atoms with Gasteiger partial charge in [0.25, 0.3) is 5.56 Å². The van der Waals surface area contributed by atoms with Crippen LogP contribution in [0.1, 0.15) is 26.5 Å². The lowest BCUT2D eigenvalue weighted by molar-refractivity contribution is 0.519. The molecule has 0 aliphatic rings. The van der Waals surface area contributed by atoms with Gasteiger partial charge in [0.1, 0.15) is 5.69 Å². The van der Waals surface area contributed by atoms with Crippen molar-refractivity contribution >= 4 is 20.0 Å². The Kier molecular flexibility index (Phi) is 4.27. The number of thioether (sulfide) groups is 1. The normalized spacial score (nSPS) is 12.6. The molecule has 0 aromatic carbocycles. The van der Waals surface area contributed by atoms with E-state index in [9.17, 15) is 4.79 Å². The Bertz CT molecular complexity index is 487. The van der Waals surface area contributed by atoms with Crippen LogP contribution in [0.5, 0.6) is 0 Å². The van der Waals surface area contributed by atoms with Crippen molar-refractivity contribution < 1.29 is 0 Å². The molecule has 0 radical (unpaired) electrons. The van der Waals surface area contributed by atoms with E-state index in [0.717, 1.165) is 0 Å². The molecule has 0 atom stereocenters. The molecule has 102 valence electrons. The van der Waals surface area contributed by atoms with Gasteiger partial charge >= 0.3 is 0 Å². The molecule has 0 aliphatic heterocycles. The van der Waals surface area contributed by atoms with Gasteiger partial charge in [0, 0.05) is 5.41 Å². The third-order valence-electron chi connectivity index (χ3n) is 2.17. The quantitative estimate of drug-likeness (QED) is 0.680. The Morgan fingerprint density at radius 3 is 2.17 bits per heavy atom. The minimum absolute atomic E-state index is 0.0933. The molecule has 0 bridgehead atoms. The van der Waals surface area contributed by atoms with Gasteiger partial charge in [-0.1, -0.05) is 52.2 Å². The van der Waals surface area contributed by atoms with Gasteiger partial charge in [0.2, 0.25) is 5.16 Å². The molecule has 5 nitrogen and oxygen atoms in total. The second-order valence-corrected chi connectivity index (χ2v) is 11.8. The van der Waals surface area contributed by atoms with E-state index in [2.05, 4.69) is 34.9 Å². The first kappa shape index (κ1) is 15.2. The lowest BCUT2D eigenvalue weighted by atomic mass is 9.93. The van der Waals surface area contributed by atoms with Gasteiger partial charge in [-0.2, -0.15) is 0 Å². The molecule has 1 rings (SSSR count). The van der Waals surface area contributed by atoms with Crippen LogP contribution in [0.4, 0.5) is 0 Å². The number of rotatable bonds is 3. The van der Waals surface area contributed by atoms with E-state index in [4.69, 9.17) is 0 Å². The molecule has 1 aromatic heterocycles. The number of hydrogen-bond acceptors (Lipinski definition) is 5. The average molecular weight is 286 g/mol. The average Bonchev–Trinajstić information content (AvgIpc) is 2.17. The van der Waals surface area contributed by atoms with Crippen molar-refractivity contribution in [2.45, 2.75) is 51.0 Å². The Morgan fingerprint density at radius 1 is 1.22 bits per heavy atom. The minimum Gasteiger partial charge on any atom is -0.347 e. The van der Waals surface area contributed by atoms with Crippen molar-refractivity contribution in [3.63, 3.8) is 0 Å². The predicted octanol–water partition coefficient (Wildman–Crippen LogP) is 2.04. The summed E-state index contributed by atoms with van der Waals surface area (Å²) in [6, 6.07) is 0. The summed E-state index contributed by atoms with van der Waals surface area (Å²) in [5.74, 6) is 0. The molecule has 0 amide bonds. The maximum atomic E-state index is 12.5. The monoisotopic (exact) mass is 286 g/mol. The SMILES string of the molecule is CSc1nnc(C(C)(C)C)c(=O)n1N[Si](C)(C)C. The van der Waals surface area contributed by atoms with Gasteiger partial charge in [0.05, 0.1) is 0 Å². The summed E-state index contributed by atoms with van der Waals surface area (Å²) in [7, 11) is -1.63. The van der Waals surface area contributed by atoms with Crippen molar-refractivity contribution in [3.8, 4) is 0 Å². The second kappa shape index (κ2) is 5.04. The number of hydrogen-bond donors (Lipinski definition) is 1. The molecule has 18 heavy (non-hydrogen) atoms. The molecule has 0 fully saturated rings. The zero-order chi connectivity index (χ0) is 14.1. The van der Waals surface area contributed by atoms with E-state index in [1.165, 1.54) is 11.8 Å². The topological polar surface area (TPSA) is 59.8 Å². The summed E-state index contributed by atoms with van der Waals surface area (Å²) in [4.78, 5) is 12.5. The first-order valence-corrected chi connectivity index (χ1v) is 10.6. The summed E-state index contributed by atoms with van der Waals surface area (Å²) in [5, 5.41) is 12.1. The van der Waals surface area contributed by atoms with Crippen LogP contribution in [0.15, 0.2) is 9.95 Å². The molecule has 0 spiro atoms. The lowest BCUT2D eigenvalue weighted by Crippen LogP contribution is -2.47. The third-order valence-corrected chi connectivity index (χ3v) is 3.70. The molecule has 1 aromatic rings. The summed E-state index contributed by atoms with van der Waals surface area (Å²) < 4.78 is 1.56. The fourth-order valence-corrected chi connectivity index (χ4v) is 2.80. The Balaban J connectivity index is 3.42. The Hall–Kier alpha value is -0.823. The van der Waals surface area contributed by atoms with E-state index < -0.39 is 8.24 Å². The van der Waals surface area contributed by atoms with Crippen LogP contribution in [-0.2, 0) is 5.41 Å². The van der Waals surface area contributed by atoms with Crippen LogP contribution in [-0.4, -0.2) is 29.4 Å². The number of nitrogens with zero attached hydrogens (tertiary/aromatic N) is 3. The Labute approximate surface area is 113 Å². The zero-order valence-corrected chi connectivity index (χ0v) is 14.0. The van der Waals surface area contributed by atoms with Gasteiger partial charge in [-0.15, -0.1) is 10.2 Å². The van der Waals surface area contributed by atoms with Crippen molar-refractivity contribution in [2.75, 3.05) is 11.3 Å². The number of nitrogens with one attached hydrogen (secondary N) is 1. The maximum absolute atomic E-state index is 12.5. The van der Waals surface area contributed by atoms with E-state index in [1.54, 1.807) is 4.68 Å². The van der Waals surface area contributed by atoms with Gasteiger partial charge < -0.3 is 5.09 Å². The van der Waals surface area contributed by atoms with Crippen LogP contribution in [0.2, 0.25) is 19.6 Å². The smallest absolute Gasteiger partial charge is 0.294 e. The summed E-state index contributed by atoms with van der Waals surface area (Å²) in [5.41, 5.74) is 0.0968. The summed E-state index contributed by atoms with van der Waals surface area (Å²) >= 11 is 1.42. The third kappa shape index (κ3) is 3.58. The number of aromatic nitrogens is 3. The van der Waals surface area contributed by atoms with Gasteiger partial charge in [-0.3, -0.25) is 4.79 Å². The molecule has 0 saturated carbocycles. The predicted molar refractivity (Wildman–Crippen MR) is 79.5 cm³/mol.